The molecular formula is C19H17NO. The molecule has 3 atom stereocenters. The Morgan fingerprint density at radius 3 is 3.05 bits per heavy atom. The summed E-state index contributed by atoms with van der Waals surface area (Å²) in [5, 5.41) is 4.89. The fourth-order valence-corrected chi connectivity index (χ4v) is 4.09. The largest absolute Gasteiger partial charge is 0.460 e. The van der Waals surface area contributed by atoms with Crippen molar-refractivity contribution in [1.82, 2.24) is 5.32 Å². The molecule has 0 saturated carbocycles. The molecule has 2 nitrogen and oxygen atoms in total. The van der Waals surface area contributed by atoms with E-state index in [1.54, 1.807) is 0 Å². The van der Waals surface area contributed by atoms with Crippen LogP contribution in [-0.2, 0) is 0 Å². The summed E-state index contributed by atoms with van der Waals surface area (Å²) in [4.78, 5) is 0. The van der Waals surface area contributed by atoms with Gasteiger partial charge in [0.05, 0.1) is 12.0 Å². The molecule has 1 aliphatic heterocycles. The second-order valence-electron chi connectivity index (χ2n) is 6.29. The minimum absolute atomic E-state index is 0.341. The molecule has 2 aromatic rings. The molecule has 21 heavy (non-hydrogen) atoms. The smallest absolute Gasteiger partial charge is 0.134 e. The Morgan fingerprint density at radius 1 is 1.19 bits per heavy atom. The number of allylic oxidation sites excluding steroid dienone is 2. The Balaban J connectivity index is 1.76. The van der Waals surface area contributed by atoms with Crippen molar-refractivity contribution in [3.8, 4) is 0 Å². The summed E-state index contributed by atoms with van der Waals surface area (Å²) < 4.78 is 6.25. The van der Waals surface area contributed by atoms with Gasteiger partial charge in [-0.05, 0) is 30.1 Å². The minimum Gasteiger partial charge on any atom is -0.460 e. The average molecular weight is 275 g/mol. The number of hydrogen-bond donors (Lipinski definition) is 1. The normalized spacial score (nSPS) is 29.3. The van der Waals surface area contributed by atoms with E-state index in [-0.39, 0.29) is 0 Å². The molecule has 2 heteroatoms. The first-order valence-corrected chi connectivity index (χ1v) is 7.69. The van der Waals surface area contributed by atoms with Crippen LogP contribution in [0.1, 0.15) is 30.6 Å². The lowest BCUT2D eigenvalue weighted by molar-refractivity contribution is 0.470. The minimum atomic E-state index is 0.341. The van der Waals surface area contributed by atoms with Gasteiger partial charge in [0, 0.05) is 16.6 Å². The van der Waals surface area contributed by atoms with E-state index in [2.05, 4.69) is 54.7 Å². The van der Waals surface area contributed by atoms with Crippen LogP contribution in [0.4, 0.5) is 0 Å². The summed E-state index contributed by atoms with van der Waals surface area (Å²) >= 11 is 0. The highest BCUT2D eigenvalue weighted by Gasteiger charge is 2.41. The van der Waals surface area contributed by atoms with Crippen LogP contribution in [0, 0.1) is 5.92 Å². The maximum atomic E-state index is 6.25. The molecular weight excluding hydrogens is 258 g/mol. The zero-order valence-electron chi connectivity index (χ0n) is 12.0. The number of furan rings is 1. The molecule has 1 aromatic heterocycles. The highest BCUT2D eigenvalue weighted by atomic mass is 16.3. The van der Waals surface area contributed by atoms with E-state index < -0.39 is 0 Å². The first kappa shape index (κ1) is 11.4. The quantitative estimate of drug-likeness (QED) is 0.772. The SMILES string of the molecule is CC1CC=CC2=C1C1c3oc4ccccc4c3C=C[C@H]1N2. The Labute approximate surface area is 123 Å². The van der Waals surface area contributed by atoms with Crippen molar-refractivity contribution in [3.63, 3.8) is 0 Å². The molecule has 0 amide bonds. The zero-order valence-corrected chi connectivity index (χ0v) is 12.0. The summed E-state index contributed by atoms with van der Waals surface area (Å²) in [6, 6.07) is 8.69. The van der Waals surface area contributed by atoms with Crippen LogP contribution in [-0.4, -0.2) is 6.04 Å². The highest BCUT2D eigenvalue weighted by molar-refractivity contribution is 5.90. The first-order valence-electron chi connectivity index (χ1n) is 7.69. The standard InChI is InChI=1S/C19H17NO/c1-11-5-4-7-14-17(11)18-15(20-14)10-9-13-12-6-2-3-8-16(12)21-19(13)18/h2-4,6-11,15,18,20H,5H2,1H3/t11?,15-,18?/m1/s1. The van der Waals surface area contributed by atoms with Gasteiger partial charge in [0.2, 0.25) is 0 Å². The molecule has 104 valence electrons. The van der Waals surface area contributed by atoms with Crippen molar-refractivity contribution in [3.05, 3.63) is 65.1 Å². The second kappa shape index (κ2) is 3.91. The van der Waals surface area contributed by atoms with E-state index >= 15 is 0 Å². The van der Waals surface area contributed by atoms with Gasteiger partial charge >= 0.3 is 0 Å². The first-order chi connectivity index (χ1) is 10.3. The number of rotatable bonds is 0. The average Bonchev–Trinajstić information content (AvgIpc) is 3.05. The number of benzene rings is 1. The lowest BCUT2D eigenvalue weighted by Crippen LogP contribution is -2.27. The van der Waals surface area contributed by atoms with E-state index in [4.69, 9.17) is 4.42 Å². The summed E-state index contributed by atoms with van der Waals surface area (Å²) in [6.45, 7) is 2.32. The van der Waals surface area contributed by atoms with Crippen molar-refractivity contribution in [1.29, 1.82) is 0 Å². The molecule has 0 saturated heterocycles. The van der Waals surface area contributed by atoms with Gasteiger partial charge in [-0.2, -0.15) is 0 Å². The van der Waals surface area contributed by atoms with E-state index in [1.807, 2.05) is 6.07 Å². The van der Waals surface area contributed by atoms with E-state index in [0.717, 1.165) is 17.8 Å². The number of fused-ring (bicyclic) bond motifs is 6. The summed E-state index contributed by atoms with van der Waals surface area (Å²) in [7, 11) is 0. The maximum Gasteiger partial charge on any atom is 0.134 e. The Bertz CT molecular complexity index is 836. The van der Waals surface area contributed by atoms with Gasteiger partial charge in [0.1, 0.15) is 11.3 Å². The topological polar surface area (TPSA) is 25.2 Å². The van der Waals surface area contributed by atoms with Gasteiger partial charge in [0.25, 0.3) is 0 Å². The summed E-state index contributed by atoms with van der Waals surface area (Å²) in [5.74, 6) is 2.08. The van der Waals surface area contributed by atoms with Crippen molar-refractivity contribution < 1.29 is 4.42 Å². The molecule has 5 rings (SSSR count). The van der Waals surface area contributed by atoms with Gasteiger partial charge < -0.3 is 9.73 Å². The van der Waals surface area contributed by atoms with Crippen molar-refractivity contribution in [2.45, 2.75) is 25.3 Å². The van der Waals surface area contributed by atoms with Gasteiger partial charge in [0.15, 0.2) is 0 Å². The maximum absolute atomic E-state index is 6.25. The molecule has 2 unspecified atom stereocenters. The van der Waals surface area contributed by atoms with Gasteiger partial charge in [-0.25, -0.2) is 0 Å². The Morgan fingerprint density at radius 2 is 2.10 bits per heavy atom. The van der Waals surface area contributed by atoms with E-state index in [0.29, 0.717) is 17.9 Å². The van der Waals surface area contributed by atoms with Crippen LogP contribution >= 0.6 is 0 Å². The molecule has 1 N–H and O–H groups in total. The molecule has 2 aliphatic carbocycles. The van der Waals surface area contributed by atoms with Crippen molar-refractivity contribution in [2.24, 2.45) is 5.92 Å². The predicted octanol–water partition coefficient (Wildman–Crippen LogP) is 4.37. The fraction of sp³-hybridized carbons (Fsp3) is 0.263. The number of hydrogen-bond acceptors (Lipinski definition) is 2. The molecule has 0 fully saturated rings. The third-order valence-corrected chi connectivity index (χ3v) is 5.05. The van der Waals surface area contributed by atoms with Gasteiger partial charge in [-0.1, -0.05) is 43.4 Å². The van der Waals surface area contributed by atoms with Crippen LogP contribution in [0.3, 0.4) is 0 Å². The molecule has 1 aromatic carbocycles. The lowest BCUT2D eigenvalue weighted by atomic mass is 9.78. The highest BCUT2D eigenvalue weighted by Crippen LogP contribution is 2.48. The van der Waals surface area contributed by atoms with Crippen molar-refractivity contribution >= 4 is 17.0 Å². The Kier molecular flexibility index (Phi) is 2.13. The van der Waals surface area contributed by atoms with Crippen LogP contribution in [0.25, 0.3) is 17.0 Å². The number of para-hydroxylation sites is 1. The number of nitrogens with one attached hydrogen (secondary N) is 1. The Hall–Kier alpha value is -2.22. The van der Waals surface area contributed by atoms with Gasteiger partial charge in [-0.15, -0.1) is 0 Å². The summed E-state index contributed by atoms with van der Waals surface area (Å²) in [5.41, 5.74) is 5.10. The monoisotopic (exact) mass is 275 g/mol. The molecule has 0 spiro atoms. The second-order valence-corrected chi connectivity index (χ2v) is 6.29. The predicted molar refractivity (Wildman–Crippen MR) is 84.9 cm³/mol. The third kappa shape index (κ3) is 1.42. The van der Waals surface area contributed by atoms with Crippen LogP contribution < -0.4 is 5.32 Å². The molecule has 2 heterocycles. The molecule has 0 radical (unpaired) electrons. The third-order valence-electron chi connectivity index (χ3n) is 5.05. The van der Waals surface area contributed by atoms with Crippen LogP contribution in [0.5, 0.6) is 0 Å². The fourth-order valence-electron chi connectivity index (χ4n) is 4.09. The van der Waals surface area contributed by atoms with E-state index in [9.17, 15) is 0 Å². The summed E-state index contributed by atoms with van der Waals surface area (Å²) in [6.07, 6.45) is 10.2. The lowest BCUT2D eigenvalue weighted by Gasteiger charge is -2.25. The zero-order chi connectivity index (χ0) is 14.0. The van der Waals surface area contributed by atoms with Crippen LogP contribution in [0.2, 0.25) is 0 Å². The van der Waals surface area contributed by atoms with Gasteiger partial charge in [-0.3, -0.25) is 0 Å². The van der Waals surface area contributed by atoms with Crippen molar-refractivity contribution in [2.75, 3.05) is 0 Å². The van der Waals surface area contributed by atoms with E-state index in [1.165, 1.54) is 22.2 Å². The molecule has 3 aliphatic rings. The molecule has 0 bridgehead atoms. The van der Waals surface area contributed by atoms with Crippen LogP contribution in [0.15, 0.2) is 58.2 Å².